The quantitative estimate of drug-likeness (QED) is 0.631. The number of benzene rings is 2. The molecular weight excluding hydrogens is 388 g/mol. The summed E-state index contributed by atoms with van der Waals surface area (Å²) in [5.41, 5.74) is 2.03. The van der Waals surface area contributed by atoms with Crippen molar-refractivity contribution >= 4 is 21.6 Å². The van der Waals surface area contributed by atoms with Crippen molar-refractivity contribution in [3.05, 3.63) is 60.2 Å². The third-order valence-electron chi connectivity index (χ3n) is 5.08. The minimum atomic E-state index is -3.70. The van der Waals surface area contributed by atoms with Crippen molar-refractivity contribution in [3.8, 4) is 0 Å². The summed E-state index contributed by atoms with van der Waals surface area (Å²) in [5.74, 6) is -0.0674. The number of para-hydroxylation sites is 1. The first kappa shape index (κ1) is 21.3. The largest absolute Gasteiger partial charge is 0.369 e. The monoisotopic (exact) mass is 416 g/mol. The van der Waals surface area contributed by atoms with Crippen LogP contribution in [-0.2, 0) is 21.2 Å². The lowest BCUT2D eigenvalue weighted by Gasteiger charge is -2.36. The van der Waals surface area contributed by atoms with Gasteiger partial charge in [-0.05, 0) is 42.8 Å². The van der Waals surface area contributed by atoms with E-state index in [2.05, 4.69) is 39.4 Å². The molecule has 0 spiro atoms. The molecule has 3 N–H and O–H groups in total. The van der Waals surface area contributed by atoms with Gasteiger partial charge >= 0.3 is 0 Å². The van der Waals surface area contributed by atoms with Crippen molar-refractivity contribution in [2.75, 3.05) is 44.2 Å². The molecule has 0 bridgehead atoms. The molecule has 3 rings (SSSR count). The van der Waals surface area contributed by atoms with E-state index in [0.717, 1.165) is 44.7 Å². The molecule has 156 valence electrons. The van der Waals surface area contributed by atoms with Gasteiger partial charge in [-0.15, -0.1) is 0 Å². The van der Waals surface area contributed by atoms with Crippen LogP contribution in [0.15, 0.2) is 59.5 Å². The molecule has 0 atom stereocenters. The molecule has 1 aliphatic rings. The second-order valence-corrected chi connectivity index (χ2v) is 8.79. The molecule has 0 saturated carbocycles. The Morgan fingerprint density at radius 3 is 2.24 bits per heavy atom. The molecule has 0 unspecified atom stereocenters. The highest BCUT2D eigenvalue weighted by Crippen LogP contribution is 2.15. The van der Waals surface area contributed by atoms with Crippen molar-refractivity contribution in [2.45, 2.75) is 17.7 Å². The zero-order chi connectivity index (χ0) is 20.7. The molecule has 0 aromatic heterocycles. The van der Waals surface area contributed by atoms with Gasteiger partial charge < -0.3 is 10.2 Å². The molecule has 0 radical (unpaired) electrons. The Morgan fingerprint density at radius 1 is 0.966 bits per heavy atom. The average molecular weight is 417 g/mol. The highest BCUT2D eigenvalue weighted by atomic mass is 32.2. The molecule has 1 heterocycles. The van der Waals surface area contributed by atoms with Gasteiger partial charge in [0, 0.05) is 38.4 Å². The Hall–Kier alpha value is -2.42. The van der Waals surface area contributed by atoms with E-state index in [9.17, 15) is 13.2 Å². The number of amides is 1. The van der Waals surface area contributed by atoms with Crippen molar-refractivity contribution in [1.29, 1.82) is 0 Å². The molecule has 1 amide bonds. The van der Waals surface area contributed by atoms with E-state index < -0.39 is 10.0 Å². The molecule has 0 aliphatic carbocycles. The number of carbonyl (C=O) groups excluding carboxylic acids is 1. The first-order chi connectivity index (χ1) is 13.9. The van der Waals surface area contributed by atoms with E-state index in [1.54, 1.807) is 12.1 Å². The van der Waals surface area contributed by atoms with E-state index in [1.807, 2.05) is 6.07 Å². The Labute approximate surface area is 172 Å². The number of nitrogens with one attached hydrogen (secondary N) is 1. The summed E-state index contributed by atoms with van der Waals surface area (Å²) in [6.45, 7) is 5.69. The molecule has 2 aromatic rings. The van der Waals surface area contributed by atoms with E-state index >= 15 is 0 Å². The first-order valence-electron chi connectivity index (χ1n) is 9.82. The van der Waals surface area contributed by atoms with Gasteiger partial charge in [-0.1, -0.05) is 30.3 Å². The first-order valence-corrected chi connectivity index (χ1v) is 11.4. The number of sulfonamides is 1. The van der Waals surface area contributed by atoms with Crippen LogP contribution in [0.2, 0.25) is 0 Å². The van der Waals surface area contributed by atoms with Gasteiger partial charge in [0.05, 0.1) is 11.3 Å². The fraction of sp³-hybridized carbons (Fsp3) is 0.381. The average Bonchev–Trinajstić information content (AvgIpc) is 2.72. The van der Waals surface area contributed by atoms with Gasteiger partial charge in [0.2, 0.25) is 15.9 Å². The predicted molar refractivity (Wildman–Crippen MR) is 114 cm³/mol. The molecule has 1 fully saturated rings. The SMILES string of the molecule is NS(=O)(=O)c1ccc(CC(=O)NCCCN2CCN(c3ccccc3)CC2)cc1. The topological polar surface area (TPSA) is 95.7 Å². The van der Waals surface area contributed by atoms with E-state index in [0.29, 0.717) is 6.54 Å². The smallest absolute Gasteiger partial charge is 0.238 e. The molecule has 1 saturated heterocycles. The highest BCUT2D eigenvalue weighted by Gasteiger charge is 2.16. The summed E-state index contributed by atoms with van der Waals surface area (Å²) in [6, 6.07) is 16.5. The normalized spacial score (nSPS) is 15.3. The van der Waals surface area contributed by atoms with Crippen LogP contribution in [0.5, 0.6) is 0 Å². The number of carbonyl (C=O) groups is 1. The third-order valence-corrected chi connectivity index (χ3v) is 6.01. The lowest BCUT2D eigenvalue weighted by Crippen LogP contribution is -2.47. The second-order valence-electron chi connectivity index (χ2n) is 7.23. The molecule has 1 aliphatic heterocycles. The Kier molecular flexibility index (Phi) is 7.24. The number of nitrogens with two attached hydrogens (primary N) is 1. The van der Waals surface area contributed by atoms with Gasteiger partial charge in [0.1, 0.15) is 0 Å². The van der Waals surface area contributed by atoms with Gasteiger partial charge in [0.15, 0.2) is 0 Å². The number of anilines is 1. The van der Waals surface area contributed by atoms with Gasteiger partial charge in [-0.2, -0.15) is 0 Å². The molecule has 2 aromatic carbocycles. The zero-order valence-corrected chi connectivity index (χ0v) is 17.3. The summed E-state index contributed by atoms with van der Waals surface area (Å²) >= 11 is 0. The van der Waals surface area contributed by atoms with Crippen molar-refractivity contribution in [2.24, 2.45) is 5.14 Å². The lowest BCUT2D eigenvalue weighted by molar-refractivity contribution is -0.120. The van der Waals surface area contributed by atoms with Crippen molar-refractivity contribution in [1.82, 2.24) is 10.2 Å². The Morgan fingerprint density at radius 2 is 1.62 bits per heavy atom. The van der Waals surface area contributed by atoms with Crippen LogP contribution in [0.3, 0.4) is 0 Å². The molecule has 7 nitrogen and oxygen atoms in total. The molecular formula is C21H28N4O3S. The Bertz CT molecular complexity index is 893. The minimum Gasteiger partial charge on any atom is -0.369 e. The van der Waals surface area contributed by atoms with Gasteiger partial charge in [-0.25, -0.2) is 13.6 Å². The predicted octanol–water partition coefficient (Wildman–Crippen LogP) is 1.21. The number of piperazine rings is 1. The maximum Gasteiger partial charge on any atom is 0.238 e. The zero-order valence-electron chi connectivity index (χ0n) is 16.5. The van der Waals surface area contributed by atoms with Gasteiger partial charge in [0.25, 0.3) is 0 Å². The van der Waals surface area contributed by atoms with Crippen LogP contribution in [0.1, 0.15) is 12.0 Å². The van der Waals surface area contributed by atoms with E-state index in [1.165, 1.54) is 17.8 Å². The fourth-order valence-corrected chi connectivity index (χ4v) is 3.96. The molecule has 29 heavy (non-hydrogen) atoms. The number of hydrogen-bond donors (Lipinski definition) is 2. The maximum absolute atomic E-state index is 12.1. The summed E-state index contributed by atoms with van der Waals surface area (Å²) < 4.78 is 22.5. The number of primary sulfonamides is 1. The van der Waals surface area contributed by atoms with Crippen LogP contribution in [-0.4, -0.2) is 58.5 Å². The van der Waals surface area contributed by atoms with Gasteiger partial charge in [-0.3, -0.25) is 9.69 Å². The lowest BCUT2D eigenvalue weighted by atomic mass is 10.1. The number of rotatable bonds is 8. The summed E-state index contributed by atoms with van der Waals surface area (Å²) in [4.78, 5) is 17.0. The maximum atomic E-state index is 12.1. The summed E-state index contributed by atoms with van der Waals surface area (Å²) in [6.07, 6.45) is 1.13. The number of hydrogen-bond acceptors (Lipinski definition) is 5. The van der Waals surface area contributed by atoms with Crippen LogP contribution in [0, 0.1) is 0 Å². The van der Waals surface area contributed by atoms with Crippen LogP contribution in [0.25, 0.3) is 0 Å². The van der Waals surface area contributed by atoms with Crippen LogP contribution < -0.4 is 15.4 Å². The Balaban J connectivity index is 1.32. The van der Waals surface area contributed by atoms with Crippen molar-refractivity contribution < 1.29 is 13.2 Å². The van der Waals surface area contributed by atoms with Crippen LogP contribution >= 0.6 is 0 Å². The van der Waals surface area contributed by atoms with Crippen molar-refractivity contribution in [3.63, 3.8) is 0 Å². The standard InChI is InChI=1S/C21H28N4O3S/c22-29(27,28)20-9-7-18(8-10-20)17-21(26)23-11-4-12-24-13-15-25(16-14-24)19-5-2-1-3-6-19/h1-3,5-10H,4,11-17H2,(H,23,26)(H2,22,27,28). The van der Waals surface area contributed by atoms with E-state index in [4.69, 9.17) is 5.14 Å². The fourth-order valence-electron chi connectivity index (χ4n) is 3.44. The number of nitrogens with zero attached hydrogens (tertiary/aromatic N) is 2. The summed E-state index contributed by atoms with van der Waals surface area (Å²) in [5, 5.41) is 8.01. The minimum absolute atomic E-state index is 0.0500. The highest BCUT2D eigenvalue weighted by molar-refractivity contribution is 7.89. The second kappa shape index (κ2) is 9.87. The van der Waals surface area contributed by atoms with E-state index in [-0.39, 0.29) is 17.2 Å². The van der Waals surface area contributed by atoms with Crippen LogP contribution in [0.4, 0.5) is 5.69 Å². The summed E-state index contributed by atoms with van der Waals surface area (Å²) in [7, 11) is -3.70. The third kappa shape index (κ3) is 6.56. The molecule has 8 heteroatoms.